The van der Waals surface area contributed by atoms with Crippen molar-refractivity contribution in [2.24, 2.45) is 0 Å². The van der Waals surface area contributed by atoms with Crippen molar-refractivity contribution in [3.8, 4) is 62.1 Å². The lowest BCUT2D eigenvalue weighted by Crippen LogP contribution is -2.02. The molecule has 4 nitrogen and oxygen atoms in total. The third kappa shape index (κ3) is 5.71. The molecule has 57 heavy (non-hydrogen) atoms. The Labute approximate surface area is 334 Å². The first-order valence-corrected chi connectivity index (χ1v) is 20.0. The molecular formula is C52H34N4S. The molecule has 0 saturated heterocycles. The molecule has 11 rings (SSSR count). The smallest absolute Gasteiger partial charge is 0.164 e. The van der Waals surface area contributed by atoms with Crippen LogP contribution in [0.15, 0.2) is 188 Å². The Bertz CT molecular complexity index is 3310. The maximum Gasteiger partial charge on any atom is 0.164 e. The van der Waals surface area contributed by atoms with Gasteiger partial charge in [-0.1, -0.05) is 157 Å². The zero-order valence-electron chi connectivity index (χ0n) is 31.1. The van der Waals surface area contributed by atoms with Crippen LogP contribution in [0.1, 0.15) is 5.56 Å². The van der Waals surface area contributed by atoms with Crippen LogP contribution in [0.2, 0.25) is 0 Å². The Balaban J connectivity index is 1.12. The van der Waals surface area contributed by atoms with Gasteiger partial charge < -0.3 is 4.57 Å². The number of nitrogens with zero attached hydrogens (tertiary/aromatic N) is 4. The van der Waals surface area contributed by atoms with Crippen molar-refractivity contribution in [2.45, 2.75) is 6.92 Å². The Morgan fingerprint density at radius 3 is 1.79 bits per heavy atom. The van der Waals surface area contributed by atoms with E-state index in [0.717, 1.165) is 50.1 Å². The number of fused-ring (bicyclic) bond motifs is 6. The van der Waals surface area contributed by atoms with Crippen LogP contribution in [0.5, 0.6) is 0 Å². The number of benzene rings is 8. The number of hydrogen-bond donors (Lipinski definition) is 0. The molecule has 3 heterocycles. The minimum atomic E-state index is 0.619. The summed E-state index contributed by atoms with van der Waals surface area (Å²) in [7, 11) is 0. The van der Waals surface area contributed by atoms with E-state index in [1.165, 1.54) is 42.1 Å². The molecule has 0 bridgehead atoms. The highest BCUT2D eigenvalue weighted by Gasteiger charge is 2.20. The number of aryl methyl sites for hydroxylation is 1. The Morgan fingerprint density at radius 2 is 0.982 bits per heavy atom. The molecule has 0 spiro atoms. The van der Waals surface area contributed by atoms with Gasteiger partial charge in [0.1, 0.15) is 0 Å². The molecule has 0 N–H and O–H groups in total. The summed E-state index contributed by atoms with van der Waals surface area (Å²) in [5.74, 6) is 1.88. The highest BCUT2D eigenvalue weighted by atomic mass is 32.1. The second-order valence-electron chi connectivity index (χ2n) is 14.5. The van der Waals surface area contributed by atoms with E-state index in [2.05, 4.69) is 181 Å². The van der Waals surface area contributed by atoms with E-state index >= 15 is 0 Å². The van der Waals surface area contributed by atoms with Gasteiger partial charge in [0.2, 0.25) is 0 Å². The van der Waals surface area contributed by atoms with Crippen molar-refractivity contribution >= 4 is 53.3 Å². The third-order valence-electron chi connectivity index (χ3n) is 10.9. The first kappa shape index (κ1) is 33.2. The van der Waals surface area contributed by atoms with Crippen LogP contribution in [-0.2, 0) is 0 Å². The van der Waals surface area contributed by atoms with Gasteiger partial charge in [-0.05, 0) is 60.0 Å². The summed E-state index contributed by atoms with van der Waals surface area (Å²) in [5, 5.41) is 5.02. The predicted molar refractivity (Wildman–Crippen MR) is 239 cm³/mol. The van der Waals surface area contributed by atoms with Crippen molar-refractivity contribution in [2.75, 3.05) is 0 Å². The molecule has 11 aromatic rings. The molecule has 0 saturated carbocycles. The summed E-state index contributed by atoms with van der Waals surface area (Å²) < 4.78 is 4.97. The van der Waals surface area contributed by atoms with Crippen LogP contribution in [-0.4, -0.2) is 19.5 Å². The Hall–Kier alpha value is -7.21. The van der Waals surface area contributed by atoms with Gasteiger partial charge in [0.15, 0.2) is 17.5 Å². The van der Waals surface area contributed by atoms with Crippen molar-refractivity contribution in [1.82, 2.24) is 19.5 Å². The molecule has 0 unspecified atom stereocenters. The Morgan fingerprint density at radius 1 is 0.386 bits per heavy atom. The minimum Gasteiger partial charge on any atom is -0.309 e. The summed E-state index contributed by atoms with van der Waals surface area (Å²) >= 11 is 1.84. The fourth-order valence-electron chi connectivity index (χ4n) is 8.21. The van der Waals surface area contributed by atoms with Crippen LogP contribution in [0.4, 0.5) is 0 Å². The maximum absolute atomic E-state index is 5.26. The second kappa shape index (κ2) is 13.5. The second-order valence-corrected chi connectivity index (χ2v) is 15.6. The fraction of sp³-hybridized carbons (Fsp3) is 0.0192. The predicted octanol–water partition coefficient (Wildman–Crippen LogP) is 14.0. The molecule has 0 aliphatic carbocycles. The van der Waals surface area contributed by atoms with Crippen LogP contribution in [0.3, 0.4) is 0 Å². The van der Waals surface area contributed by atoms with Crippen molar-refractivity contribution in [3.63, 3.8) is 0 Å². The average Bonchev–Trinajstić information content (AvgIpc) is 3.82. The number of rotatable bonds is 6. The highest BCUT2D eigenvalue weighted by molar-refractivity contribution is 7.26. The number of para-hydroxylation sites is 1. The van der Waals surface area contributed by atoms with Crippen LogP contribution >= 0.6 is 11.3 Å². The maximum atomic E-state index is 5.26. The molecule has 3 aromatic heterocycles. The first-order chi connectivity index (χ1) is 28.2. The largest absolute Gasteiger partial charge is 0.309 e. The summed E-state index contributed by atoms with van der Waals surface area (Å²) in [6.07, 6.45) is 0. The Kier molecular flexibility index (Phi) is 7.86. The molecule has 0 aliphatic rings. The SMILES string of the molecule is Cc1ccc2c(c1)c1ccccc1n2-c1cc(-c2nc(-c3ccccc3)nc(-c3cccc(-c4cccc5c4sc4ccccc45)c3)n2)ccc1-c1ccccc1. The quantitative estimate of drug-likeness (QED) is 0.170. The molecule has 0 amide bonds. The zero-order valence-corrected chi connectivity index (χ0v) is 31.9. The van der Waals surface area contributed by atoms with E-state index in [9.17, 15) is 0 Å². The molecule has 8 aromatic carbocycles. The van der Waals surface area contributed by atoms with Crippen molar-refractivity contribution in [3.05, 3.63) is 194 Å². The van der Waals surface area contributed by atoms with Gasteiger partial charge in [0.25, 0.3) is 0 Å². The number of aromatic nitrogens is 4. The number of thiophene rings is 1. The molecule has 268 valence electrons. The van der Waals surface area contributed by atoms with Crippen LogP contribution in [0.25, 0.3) is 104 Å². The van der Waals surface area contributed by atoms with Gasteiger partial charge in [0.05, 0.1) is 16.7 Å². The van der Waals surface area contributed by atoms with Gasteiger partial charge >= 0.3 is 0 Å². The average molecular weight is 747 g/mol. The van der Waals surface area contributed by atoms with Gasteiger partial charge in [-0.25, -0.2) is 15.0 Å². The van der Waals surface area contributed by atoms with Crippen LogP contribution in [0, 0.1) is 6.92 Å². The third-order valence-corrected chi connectivity index (χ3v) is 12.1. The van der Waals surface area contributed by atoms with Gasteiger partial charge in [-0.3, -0.25) is 0 Å². The lowest BCUT2D eigenvalue weighted by atomic mass is 10.00. The molecule has 0 radical (unpaired) electrons. The number of hydrogen-bond acceptors (Lipinski definition) is 4. The lowest BCUT2D eigenvalue weighted by molar-refractivity contribution is 1.07. The van der Waals surface area contributed by atoms with Gasteiger partial charge in [-0.2, -0.15) is 0 Å². The van der Waals surface area contributed by atoms with E-state index < -0.39 is 0 Å². The van der Waals surface area contributed by atoms with Crippen molar-refractivity contribution < 1.29 is 0 Å². The van der Waals surface area contributed by atoms with Crippen LogP contribution < -0.4 is 0 Å². The molecular weight excluding hydrogens is 713 g/mol. The lowest BCUT2D eigenvalue weighted by Gasteiger charge is -2.16. The van der Waals surface area contributed by atoms with Gasteiger partial charge in [-0.15, -0.1) is 11.3 Å². The normalized spacial score (nSPS) is 11.6. The first-order valence-electron chi connectivity index (χ1n) is 19.2. The molecule has 0 aliphatic heterocycles. The molecule has 5 heteroatoms. The summed E-state index contributed by atoms with van der Waals surface area (Å²) in [6.45, 7) is 2.16. The van der Waals surface area contributed by atoms with E-state index in [1.807, 2.05) is 29.5 Å². The van der Waals surface area contributed by atoms with E-state index in [-0.39, 0.29) is 0 Å². The van der Waals surface area contributed by atoms with Gasteiger partial charge in [0, 0.05) is 53.2 Å². The summed E-state index contributed by atoms with van der Waals surface area (Å²) in [6, 6.07) is 66.7. The van der Waals surface area contributed by atoms with E-state index in [0.29, 0.717) is 17.5 Å². The fourth-order valence-corrected chi connectivity index (χ4v) is 9.45. The summed E-state index contributed by atoms with van der Waals surface area (Å²) in [5.41, 5.74) is 12.0. The monoisotopic (exact) mass is 746 g/mol. The topological polar surface area (TPSA) is 43.6 Å². The zero-order chi connectivity index (χ0) is 37.9. The summed E-state index contributed by atoms with van der Waals surface area (Å²) in [4.78, 5) is 15.6. The standard InChI is InChI=1S/C52H34N4S/c1-33-26-29-46-44(30-33)41-20-8-10-24-45(41)56(46)47-32-38(27-28-39(47)34-14-4-2-5-15-34)52-54-50(35-16-6-3-7-17-35)53-51(55-52)37-19-12-18-36(31-37)40-22-13-23-43-42-21-9-11-25-48(42)57-49(40)43/h2-32H,1H3. The minimum absolute atomic E-state index is 0.619. The van der Waals surface area contributed by atoms with E-state index in [1.54, 1.807) is 0 Å². The van der Waals surface area contributed by atoms with E-state index in [4.69, 9.17) is 15.0 Å². The molecule has 0 atom stereocenters. The highest BCUT2D eigenvalue weighted by Crippen LogP contribution is 2.41. The molecule has 0 fully saturated rings. The van der Waals surface area contributed by atoms with Crippen molar-refractivity contribution in [1.29, 1.82) is 0 Å².